The lowest BCUT2D eigenvalue weighted by molar-refractivity contribution is 0.0611. The summed E-state index contributed by atoms with van der Waals surface area (Å²) in [4.78, 5) is 17.4. The van der Waals surface area contributed by atoms with Gasteiger partial charge in [0.25, 0.3) is 5.91 Å². The van der Waals surface area contributed by atoms with Gasteiger partial charge in [0.1, 0.15) is 11.5 Å². The highest BCUT2D eigenvalue weighted by atomic mass is 19.3. The second-order valence-electron chi connectivity index (χ2n) is 4.72. The van der Waals surface area contributed by atoms with Crippen LogP contribution in [0.5, 0.6) is 0 Å². The van der Waals surface area contributed by atoms with Gasteiger partial charge in [-0.15, -0.1) is 0 Å². The van der Waals surface area contributed by atoms with Gasteiger partial charge in [-0.25, -0.2) is 4.98 Å². The van der Waals surface area contributed by atoms with E-state index in [1.54, 1.807) is 6.07 Å². The Morgan fingerprint density at radius 2 is 2.29 bits per heavy atom. The number of hydrogen-bond donors (Lipinski definition) is 1. The Bertz CT molecular complexity index is 607. The standard InChI is InChI=1S/C13H17F2N5O/c1-3-4-9-7-10(18-17-9)12(21)19(2)8-11-16-5-6-20(11)13(14)15/h5-7,13H,3-4,8H2,1-2H3,(H,17,18). The van der Waals surface area contributed by atoms with Crippen molar-refractivity contribution >= 4 is 5.91 Å². The van der Waals surface area contributed by atoms with Crippen LogP contribution < -0.4 is 0 Å². The number of rotatable bonds is 6. The van der Waals surface area contributed by atoms with E-state index >= 15 is 0 Å². The molecule has 0 radical (unpaired) electrons. The van der Waals surface area contributed by atoms with Gasteiger partial charge < -0.3 is 4.90 Å². The predicted octanol–water partition coefficient (Wildman–Crippen LogP) is 2.23. The minimum atomic E-state index is -2.67. The number of amides is 1. The van der Waals surface area contributed by atoms with E-state index in [1.165, 1.54) is 24.3 Å². The maximum atomic E-state index is 12.7. The molecule has 0 saturated heterocycles. The number of hydrogen-bond acceptors (Lipinski definition) is 3. The number of imidazole rings is 1. The highest BCUT2D eigenvalue weighted by Gasteiger charge is 2.19. The number of carbonyl (C=O) groups is 1. The molecule has 21 heavy (non-hydrogen) atoms. The van der Waals surface area contributed by atoms with Gasteiger partial charge >= 0.3 is 6.55 Å². The molecule has 0 aliphatic rings. The van der Waals surface area contributed by atoms with Crippen LogP contribution in [0.4, 0.5) is 8.78 Å². The van der Waals surface area contributed by atoms with Gasteiger partial charge in [0.05, 0.1) is 6.54 Å². The third kappa shape index (κ3) is 3.45. The summed E-state index contributed by atoms with van der Waals surface area (Å²) >= 11 is 0. The van der Waals surface area contributed by atoms with E-state index in [9.17, 15) is 13.6 Å². The molecule has 0 bridgehead atoms. The molecule has 0 fully saturated rings. The summed E-state index contributed by atoms with van der Waals surface area (Å²) in [5, 5.41) is 6.74. The van der Waals surface area contributed by atoms with Crippen molar-refractivity contribution in [3.63, 3.8) is 0 Å². The van der Waals surface area contributed by atoms with E-state index in [4.69, 9.17) is 0 Å². The van der Waals surface area contributed by atoms with Gasteiger partial charge in [-0.2, -0.15) is 13.9 Å². The normalized spacial score (nSPS) is 11.1. The smallest absolute Gasteiger partial charge is 0.319 e. The van der Waals surface area contributed by atoms with Crippen LogP contribution in [0.15, 0.2) is 18.5 Å². The van der Waals surface area contributed by atoms with Gasteiger partial charge in [0.15, 0.2) is 0 Å². The molecule has 0 saturated carbocycles. The zero-order chi connectivity index (χ0) is 15.4. The molecule has 2 rings (SSSR count). The van der Waals surface area contributed by atoms with Gasteiger partial charge in [-0.1, -0.05) is 13.3 Å². The molecule has 0 atom stereocenters. The Kier molecular flexibility index (Phi) is 4.66. The van der Waals surface area contributed by atoms with E-state index < -0.39 is 6.55 Å². The number of aryl methyl sites for hydroxylation is 1. The van der Waals surface area contributed by atoms with Crippen LogP contribution in [0, 0.1) is 0 Å². The van der Waals surface area contributed by atoms with Gasteiger partial charge in [-0.05, 0) is 12.5 Å². The van der Waals surface area contributed by atoms with Crippen molar-refractivity contribution in [1.82, 2.24) is 24.6 Å². The second kappa shape index (κ2) is 6.47. The average Bonchev–Trinajstić information content (AvgIpc) is 3.07. The van der Waals surface area contributed by atoms with Crippen molar-refractivity contribution in [1.29, 1.82) is 0 Å². The molecule has 2 heterocycles. The van der Waals surface area contributed by atoms with Crippen molar-refractivity contribution in [2.45, 2.75) is 32.9 Å². The summed E-state index contributed by atoms with van der Waals surface area (Å²) in [6, 6.07) is 1.68. The van der Waals surface area contributed by atoms with E-state index in [0.29, 0.717) is 0 Å². The number of aromatic amines is 1. The maximum absolute atomic E-state index is 12.7. The molecule has 1 amide bonds. The van der Waals surface area contributed by atoms with Crippen LogP contribution in [-0.4, -0.2) is 37.6 Å². The molecule has 8 heteroatoms. The molecule has 0 unspecified atom stereocenters. The fraction of sp³-hybridized carbons (Fsp3) is 0.462. The van der Waals surface area contributed by atoms with Crippen LogP contribution in [0.2, 0.25) is 0 Å². The van der Waals surface area contributed by atoms with Crippen LogP contribution in [-0.2, 0) is 13.0 Å². The zero-order valence-corrected chi connectivity index (χ0v) is 11.9. The zero-order valence-electron chi connectivity index (χ0n) is 11.9. The maximum Gasteiger partial charge on any atom is 0.319 e. The molecule has 2 aromatic rings. The van der Waals surface area contributed by atoms with Gasteiger partial charge in [0.2, 0.25) is 0 Å². The lowest BCUT2D eigenvalue weighted by Crippen LogP contribution is -2.28. The highest BCUT2D eigenvalue weighted by molar-refractivity contribution is 5.92. The highest BCUT2D eigenvalue weighted by Crippen LogP contribution is 2.14. The van der Waals surface area contributed by atoms with Crippen LogP contribution in [0.1, 0.15) is 41.9 Å². The van der Waals surface area contributed by atoms with Gasteiger partial charge in [0, 0.05) is 25.1 Å². The summed E-state index contributed by atoms with van der Waals surface area (Å²) in [6.07, 6.45) is 4.22. The van der Waals surface area contributed by atoms with Gasteiger partial charge in [-0.3, -0.25) is 14.5 Å². The number of nitrogens with one attached hydrogen (secondary N) is 1. The first-order chi connectivity index (χ1) is 10.0. The average molecular weight is 297 g/mol. The number of alkyl halides is 2. The summed E-state index contributed by atoms with van der Waals surface area (Å²) in [5.74, 6) is -0.206. The fourth-order valence-electron chi connectivity index (χ4n) is 1.99. The predicted molar refractivity (Wildman–Crippen MR) is 71.9 cm³/mol. The quantitative estimate of drug-likeness (QED) is 0.889. The number of carbonyl (C=O) groups excluding carboxylic acids is 1. The van der Waals surface area contributed by atoms with Crippen LogP contribution in [0.3, 0.4) is 0 Å². The van der Waals surface area contributed by atoms with Crippen LogP contribution in [0.25, 0.3) is 0 Å². The van der Waals surface area contributed by atoms with Crippen molar-refractivity contribution in [3.05, 3.63) is 35.7 Å². The van der Waals surface area contributed by atoms with Crippen molar-refractivity contribution < 1.29 is 13.6 Å². The summed E-state index contributed by atoms with van der Waals surface area (Å²) in [7, 11) is 1.53. The van der Waals surface area contributed by atoms with Crippen molar-refractivity contribution in [2.75, 3.05) is 7.05 Å². The minimum absolute atomic E-state index is 0.00779. The molecule has 1 N–H and O–H groups in total. The summed E-state index contributed by atoms with van der Waals surface area (Å²) in [5.41, 5.74) is 1.15. The first-order valence-corrected chi connectivity index (χ1v) is 6.62. The third-order valence-electron chi connectivity index (χ3n) is 3.05. The Labute approximate surface area is 120 Å². The molecular weight excluding hydrogens is 280 g/mol. The monoisotopic (exact) mass is 297 g/mol. The van der Waals surface area contributed by atoms with Crippen LogP contribution >= 0.6 is 0 Å². The molecule has 0 aliphatic heterocycles. The molecule has 2 aromatic heterocycles. The topological polar surface area (TPSA) is 66.8 Å². The third-order valence-corrected chi connectivity index (χ3v) is 3.05. The number of halogens is 2. The van der Waals surface area contributed by atoms with E-state index in [2.05, 4.69) is 15.2 Å². The minimum Gasteiger partial charge on any atom is -0.333 e. The lowest BCUT2D eigenvalue weighted by atomic mass is 10.2. The first kappa shape index (κ1) is 15.1. The Morgan fingerprint density at radius 1 is 1.52 bits per heavy atom. The molecule has 114 valence electrons. The molecular formula is C13H17F2N5O. The number of H-pyrrole nitrogens is 1. The Morgan fingerprint density at radius 3 is 2.95 bits per heavy atom. The fourth-order valence-corrected chi connectivity index (χ4v) is 1.99. The SMILES string of the molecule is CCCc1cc(C(=O)N(C)Cc2nccn2C(F)F)n[nH]1. The lowest BCUT2D eigenvalue weighted by Gasteiger charge is -2.16. The molecule has 0 aliphatic carbocycles. The molecule has 6 nitrogen and oxygen atoms in total. The Hall–Kier alpha value is -2.25. The summed E-state index contributed by atoms with van der Waals surface area (Å²) < 4.78 is 26.2. The number of nitrogens with zero attached hydrogens (tertiary/aromatic N) is 4. The summed E-state index contributed by atoms with van der Waals surface area (Å²) in [6.45, 7) is -0.655. The molecule has 0 spiro atoms. The van der Waals surface area contributed by atoms with Crippen molar-refractivity contribution in [2.24, 2.45) is 0 Å². The van der Waals surface area contributed by atoms with Crippen molar-refractivity contribution in [3.8, 4) is 0 Å². The Balaban J connectivity index is 2.06. The molecule has 0 aromatic carbocycles. The van der Waals surface area contributed by atoms with E-state index in [-0.39, 0.29) is 24.0 Å². The largest absolute Gasteiger partial charge is 0.333 e. The second-order valence-corrected chi connectivity index (χ2v) is 4.72. The van der Waals surface area contributed by atoms with E-state index in [0.717, 1.165) is 23.1 Å². The first-order valence-electron chi connectivity index (χ1n) is 6.62. The number of aromatic nitrogens is 4. The van der Waals surface area contributed by atoms with E-state index in [1.807, 2.05) is 6.92 Å².